The van der Waals surface area contributed by atoms with Crippen LogP contribution in [0.4, 0.5) is 30.7 Å². The molecule has 0 nitrogen and oxygen atoms in total. The lowest BCUT2D eigenvalue weighted by atomic mass is 9.95. The van der Waals surface area contributed by atoms with E-state index >= 15 is 13.2 Å². The van der Waals surface area contributed by atoms with Gasteiger partial charge in [0, 0.05) is 23.1 Å². The van der Waals surface area contributed by atoms with E-state index in [0.717, 1.165) is 30.2 Å². The maximum absolute atomic E-state index is 15.1. The number of unbranched alkanes of at least 4 members (excludes halogenated alkanes) is 1. The van der Waals surface area contributed by atoms with Crippen LogP contribution in [0.3, 0.4) is 0 Å². The molecule has 0 aliphatic heterocycles. The van der Waals surface area contributed by atoms with E-state index in [1.807, 2.05) is 6.92 Å². The molecule has 4 rings (SSSR count). The van der Waals surface area contributed by atoms with Crippen molar-refractivity contribution in [2.75, 3.05) is 0 Å². The number of hydrogen-bond acceptors (Lipinski definition) is 0. The summed E-state index contributed by atoms with van der Waals surface area (Å²) < 4.78 is 103. The molecule has 0 saturated carbocycles. The summed E-state index contributed by atoms with van der Waals surface area (Å²) in [6, 6.07) is 14.1. The van der Waals surface area contributed by atoms with Crippen LogP contribution in [0.5, 0.6) is 0 Å². The Morgan fingerprint density at radius 3 is 1.86 bits per heavy atom. The SMILES string of the molecule is CC=CCCC(F)=C(F)c1ccc(CCc2cc(F)c(-c3ccc(-c4cc(F)c(CCCC)c(F)c4)c(F)c3)c(F)c2)cc1. The predicted molar refractivity (Wildman–Crippen MR) is 163 cm³/mol. The molecule has 7 heteroatoms. The summed E-state index contributed by atoms with van der Waals surface area (Å²) in [6.07, 6.45) is 6.15. The second kappa shape index (κ2) is 15.0. The van der Waals surface area contributed by atoms with E-state index in [1.54, 1.807) is 31.2 Å². The largest absolute Gasteiger partial charge is 0.209 e. The Bertz CT molecular complexity index is 1620. The minimum absolute atomic E-state index is 0.0121. The van der Waals surface area contributed by atoms with Crippen LogP contribution in [-0.2, 0) is 19.3 Å². The fourth-order valence-electron chi connectivity index (χ4n) is 5.05. The Balaban J connectivity index is 1.48. The fourth-order valence-corrected chi connectivity index (χ4v) is 5.05. The van der Waals surface area contributed by atoms with Gasteiger partial charge in [-0.05, 0) is 91.6 Å². The summed E-state index contributed by atoms with van der Waals surface area (Å²) in [6.45, 7) is 3.71. The molecule has 0 bridgehead atoms. The molecular weight excluding hydrogens is 577 g/mol. The Kier molecular flexibility index (Phi) is 11.2. The first-order valence-corrected chi connectivity index (χ1v) is 14.6. The molecular formula is C37H33F7. The summed E-state index contributed by atoms with van der Waals surface area (Å²) in [5, 5.41) is 0. The lowest BCUT2D eigenvalue weighted by molar-refractivity contribution is 0.549. The Hall–Kier alpha value is -4.13. The molecule has 0 spiro atoms. The number of rotatable bonds is 12. The van der Waals surface area contributed by atoms with Crippen molar-refractivity contribution in [1.29, 1.82) is 0 Å². The lowest BCUT2D eigenvalue weighted by Crippen LogP contribution is -1.99. The van der Waals surface area contributed by atoms with Crippen LogP contribution < -0.4 is 0 Å². The van der Waals surface area contributed by atoms with E-state index in [4.69, 9.17) is 0 Å². The first kappa shape index (κ1) is 32.8. The van der Waals surface area contributed by atoms with Crippen LogP contribution in [0.1, 0.15) is 61.8 Å². The Morgan fingerprint density at radius 1 is 0.659 bits per heavy atom. The van der Waals surface area contributed by atoms with Crippen molar-refractivity contribution in [1.82, 2.24) is 0 Å². The molecule has 230 valence electrons. The zero-order valence-corrected chi connectivity index (χ0v) is 24.6. The molecule has 0 aromatic heterocycles. The maximum atomic E-state index is 15.1. The number of allylic oxidation sites excluding steroid dienone is 3. The smallest absolute Gasteiger partial charge is 0.161 e. The molecule has 0 aliphatic rings. The Labute approximate surface area is 253 Å². The zero-order valence-electron chi connectivity index (χ0n) is 24.6. The summed E-state index contributed by atoms with van der Waals surface area (Å²) in [5.41, 5.74) is 0.606. The lowest BCUT2D eigenvalue weighted by Gasteiger charge is -2.12. The van der Waals surface area contributed by atoms with Crippen molar-refractivity contribution in [2.45, 2.75) is 58.8 Å². The quantitative estimate of drug-likeness (QED) is 0.111. The van der Waals surface area contributed by atoms with E-state index in [2.05, 4.69) is 0 Å². The molecule has 0 saturated heterocycles. The first-order chi connectivity index (χ1) is 21.1. The second-order valence-corrected chi connectivity index (χ2v) is 10.7. The molecule has 4 aromatic rings. The van der Waals surface area contributed by atoms with Gasteiger partial charge >= 0.3 is 0 Å². The zero-order chi connectivity index (χ0) is 31.8. The maximum Gasteiger partial charge on any atom is 0.161 e. The van der Waals surface area contributed by atoms with Gasteiger partial charge in [-0.25, -0.2) is 30.7 Å². The van der Waals surface area contributed by atoms with Crippen molar-refractivity contribution in [3.8, 4) is 22.3 Å². The standard InChI is InChI=1S/C37H33F7/c1-3-5-7-9-30(38)37(44)25-14-12-23(13-15-25)10-11-24-18-34(42)36(35(43)19-24)26-16-17-28(31(39)20-26)27-21-32(40)29(8-6-4-2)33(41)22-27/h3,5,12-22H,4,6-11H2,1-2H3. The van der Waals surface area contributed by atoms with Crippen molar-refractivity contribution in [3.63, 3.8) is 0 Å². The third-order valence-corrected chi connectivity index (χ3v) is 7.51. The van der Waals surface area contributed by atoms with Gasteiger partial charge in [0.2, 0.25) is 0 Å². The van der Waals surface area contributed by atoms with Gasteiger partial charge in [-0.3, -0.25) is 0 Å². The summed E-state index contributed by atoms with van der Waals surface area (Å²) >= 11 is 0. The third-order valence-electron chi connectivity index (χ3n) is 7.51. The van der Waals surface area contributed by atoms with Gasteiger partial charge in [-0.1, -0.05) is 61.9 Å². The Morgan fingerprint density at radius 2 is 1.27 bits per heavy atom. The highest BCUT2D eigenvalue weighted by atomic mass is 19.2. The molecule has 0 unspecified atom stereocenters. The molecule has 0 N–H and O–H groups in total. The van der Waals surface area contributed by atoms with Crippen molar-refractivity contribution >= 4 is 5.83 Å². The minimum Gasteiger partial charge on any atom is -0.209 e. The van der Waals surface area contributed by atoms with Crippen molar-refractivity contribution in [3.05, 3.63) is 136 Å². The number of hydrogen-bond donors (Lipinski definition) is 0. The van der Waals surface area contributed by atoms with E-state index < -0.39 is 46.3 Å². The van der Waals surface area contributed by atoms with E-state index in [9.17, 15) is 17.6 Å². The van der Waals surface area contributed by atoms with Crippen LogP contribution in [0.2, 0.25) is 0 Å². The van der Waals surface area contributed by atoms with Crippen LogP contribution in [-0.4, -0.2) is 0 Å². The molecule has 0 heterocycles. The highest BCUT2D eigenvalue weighted by Crippen LogP contribution is 2.33. The average molecular weight is 611 g/mol. The van der Waals surface area contributed by atoms with Crippen molar-refractivity contribution in [2.24, 2.45) is 0 Å². The fraction of sp³-hybridized carbons (Fsp3) is 0.243. The van der Waals surface area contributed by atoms with Gasteiger partial charge < -0.3 is 0 Å². The van der Waals surface area contributed by atoms with Crippen LogP contribution in [0, 0.1) is 29.1 Å². The monoisotopic (exact) mass is 610 g/mol. The predicted octanol–water partition coefficient (Wildman–Crippen LogP) is 11.8. The normalized spacial score (nSPS) is 12.2. The molecule has 0 amide bonds. The summed E-state index contributed by atoms with van der Waals surface area (Å²) in [4.78, 5) is 0. The molecule has 0 radical (unpaired) electrons. The topological polar surface area (TPSA) is 0 Å². The molecule has 0 fully saturated rings. The van der Waals surface area contributed by atoms with Gasteiger partial charge in [-0.15, -0.1) is 0 Å². The highest BCUT2D eigenvalue weighted by molar-refractivity contribution is 5.72. The number of benzene rings is 4. The summed E-state index contributed by atoms with van der Waals surface area (Å²) in [7, 11) is 0. The number of halogens is 7. The van der Waals surface area contributed by atoms with Crippen LogP contribution >= 0.6 is 0 Å². The minimum atomic E-state index is -0.912. The second-order valence-electron chi connectivity index (χ2n) is 10.7. The van der Waals surface area contributed by atoms with E-state index in [0.29, 0.717) is 24.8 Å². The van der Waals surface area contributed by atoms with Crippen molar-refractivity contribution < 1.29 is 30.7 Å². The average Bonchev–Trinajstić information content (AvgIpc) is 2.99. The highest BCUT2D eigenvalue weighted by Gasteiger charge is 2.18. The third kappa shape index (κ3) is 7.87. The van der Waals surface area contributed by atoms with Crippen LogP contribution in [0.25, 0.3) is 28.1 Å². The van der Waals surface area contributed by atoms with Gasteiger partial charge in [-0.2, -0.15) is 0 Å². The first-order valence-electron chi connectivity index (χ1n) is 14.6. The van der Waals surface area contributed by atoms with E-state index in [1.165, 1.54) is 36.4 Å². The van der Waals surface area contributed by atoms with Gasteiger partial charge in [0.05, 0.1) is 5.56 Å². The van der Waals surface area contributed by atoms with Gasteiger partial charge in [0.25, 0.3) is 0 Å². The molecule has 4 aromatic carbocycles. The molecule has 0 aliphatic carbocycles. The van der Waals surface area contributed by atoms with Gasteiger partial charge in [0.15, 0.2) is 5.83 Å². The molecule has 0 atom stereocenters. The molecule has 44 heavy (non-hydrogen) atoms. The van der Waals surface area contributed by atoms with Gasteiger partial charge in [0.1, 0.15) is 34.9 Å². The van der Waals surface area contributed by atoms with E-state index in [-0.39, 0.29) is 47.1 Å². The van der Waals surface area contributed by atoms with Crippen LogP contribution in [0.15, 0.2) is 84.7 Å². The summed E-state index contributed by atoms with van der Waals surface area (Å²) in [5.74, 6) is -5.93. The number of aryl methyl sites for hydroxylation is 2.